The van der Waals surface area contributed by atoms with E-state index in [1.54, 1.807) is 18.2 Å². The molecule has 2 atom stereocenters. The van der Waals surface area contributed by atoms with Crippen LogP contribution in [0.3, 0.4) is 0 Å². The molecule has 2 saturated heterocycles. The second-order valence-corrected chi connectivity index (χ2v) is 9.43. The number of carbonyl (C=O) groups is 2. The molecule has 176 valence electrons. The molecule has 1 unspecified atom stereocenters. The Morgan fingerprint density at radius 1 is 1.12 bits per heavy atom. The van der Waals surface area contributed by atoms with Crippen LogP contribution in [0, 0.1) is 0 Å². The van der Waals surface area contributed by atoms with Crippen LogP contribution in [0.1, 0.15) is 41.7 Å². The molecule has 9 heteroatoms. The standard InChI is InChI=1S/C24H29Cl2N5O2/c1-15(18-6-4-16(25)13-20(18)26)29-22-14-17(5-7-19(22)23(27)32)30-9-11-31(12-10-30)24(33)21-3-2-8-28-21/h4-7,13-15,21,28-29H,2-3,8-12H2,1H3,(H2,27,32)/t15?,21-/m1/s1. The molecule has 0 bridgehead atoms. The maximum absolute atomic E-state index is 12.7. The van der Waals surface area contributed by atoms with E-state index in [0.29, 0.717) is 34.4 Å². The fraction of sp³-hybridized carbons (Fsp3) is 0.417. The average Bonchev–Trinajstić information content (AvgIpc) is 3.33. The van der Waals surface area contributed by atoms with Gasteiger partial charge in [0, 0.05) is 47.6 Å². The van der Waals surface area contributed by atoms with Crippen molar-refractivity contribution in [2.24, 2.45) is 5.73 Å². The van der Waals surface area contributed by atoms with Gasteiger partial charge in [0.15, 0.2) is 0 Å². The fourth-order valence-corrected chi connectivity index (χ4v) is 5.10. The largest absolute Gasteiger partial charge is 0.378 e. The minimum absolute atomic E-state index is 0.0385. The molecule has 2 aromatic carbocycles. The molecule has 2 aromatic rings. The third-order valence-corrected chi connectivity index (χ3v) is 6.95. The molecule has 0 saturated carbocycles. The molecule has 4 N–H and O–H groups in total. The van der Waals surface area contributed by atoms with Crippen molar-refractivity contribution in [2.75, 3.05) is 42.9 Å². The number of hydrogen-bond donors (Lipinski definition) is 3. The Morgan fingerprint density at radius 3 is 2.52 bits per heavy atom. The molecule has 4 rings (SSSR count). The summed E-state index contributed by atoms with van der Waals surface area (Å²) in [6, 6.07) is 10.7. The lowest BCUT2D eigenvalue weighted by atomic mass is 10.1. The normalized spacial score (nSPS) is 19.4. The van der Waals surface area contributed by atoms with Crippen molar-refractivity contribution < 1.29 is 9.59 Å². The number of nitrogens with two attached hydrogens (primary N) is 1. The van der Waals surface area contributed by atoms with E-state index in [1.807, 2.05) is 30.0 Å². The van der Waals surface area contributed by atoms with Crippen LogP contribution in [-0.2, 0) is 4.79 Å². The number of piperazine rings is 1. The summed E-state index contributed by atoms with van der Waals surface area (Å²) in [6.07, 6.45) is 1.97. The highest BCUT2D eigenvalue weighted by atomic mass is 35.5. The van der Waals surface area contributed by atoms with Gasteiger partial charge in [-0.15, -0.1) is 0 Å². The zero-order valence-electron chi connectivity index (χ0n) is 18.6. The number of benzene rings is 2. The van der Waals surface area contributed by atoms with Crippen molar-refractivity contribution in [3.8, 4) is 0 Å². The van der Waals surface area contributed by atoms with Gasteiger partial charge in [0.05, 0.1) is 17.6 Å². The predicted molar refractivity (Wildman–Crippen MR) is 133 cm³/mol. The van der Waals surface area contributed by atoms with E-state index < -0.39 is 5.91 Å². The molecule has 0 spiro atoms. The van der Waals surface area contributed by atoms with E-state index in [2.05, 4.69) is 15.5 Å². The molecule has 0 aliphatic carbocycles. The topological polar surface area (TPSA) is 90.7 Å². The number of halogens is 2. The van der Waals surface area contributed by atoms with Crippen LogP contribution in [0.4, 0.5) is 11.4 Å². The molecule has 0 aromatic heterocycles. The van der Waals surface area contributed by atoms with Crippen LogP contribution in [0.5, 0.6) is 0 Å². The van der Waals surface area contributed by atoms with E-state index in [4.69, 9.17) is 28.9 Å². The SMILES string of the molecule is CC(Nc1cc(N2CCN(C(=O)[C@H]3CCCN3)CC2)ccc1C(N)=O)c1ccc(Cl)cc1Cl. The lowest BCUT2D eigenvalue weighted by Gasteiger charge is -2.37. The average molecular weight is 490 g/mol. The van der Waals surface area contributed by atoms with E-state index >= 15 is 0 Å². The Morgan fingerprint density at radius 2 is 1.88 bits per heavy atom. The molecule has 2 fully saturated rings. The molecule has 33 heavy (non-hydrogen) atoms. The van der Waals surface area contributed by atoms with Gasteiger partial charge >= 0.3 is 0 Å². The quantitative estimate of drug-likeness (QED) is 0.575. The van der Waals surface area contributed by atoms with Gasteiger partial charge < -0.3 is 26.2 Å². The number of rotatable bonds is 6. The molecule has 2 aliphatic rings. The molecule has 2 amide bonds. The lowest BCUT2D eigenvalue weighted by Crippen LogP contribution is -2.53. The summed E-state index contributed by atoms with van der Waals surface area (Å²) in [6.45, 7) is 5.69. The highest BCUT2D eigenvalue weighted by Crippen LogP contribution is 2.31. The van der Waals surface area contributed by atoms with Gasteiger partial charge in [-0.05, 0) is 62.2 Å². The highest BCUT2D eigenvalue weighted by Gasteiger charge is 2.29. The second-order valence-electron chi connectivity index (χ2n) is 8.59. The van der Waals surface area contributed by atoms with Crippen molar-refractivity contribution in [1.82, 2.24) is 10.2 Å². The maximum atomic E-state index is 12.7. The van der Waals surface area contributed by atoms with E-state index in [9.17, 15) is 9.59 Å². The van der Waals surface area contributed by atoms with E-state index in [0.717, 1.165) is 43.7 Å². The highest BCUT2D eigenvalue weighted by molar-refractivity contribution is 6.35. The Labute approximate surface area is 204 Å². The van der Waals surface area contributed by atoms with E-state index in [1.165, 1.54) is 0 Å². The zero-order chi connectivity index (χ0) is 23.5. The number of carbonyl (C=O) groups excluding carboxylic acids is 2. The van der Waals surface area contributed by atoms with Crippen molar-refractivity contribution in [2.45, 2.75) is 31.8 Å². The summed E-state index contributed by atoms with van der Waals surface area (Å²) >= 11 is 12.4. The first kappa shape index (κ1) is 23.7. The maximum Gasteiger partial charge on any atom is 0.250 e. The van der Waals surface area contributed by atoms with Crippen LogP contribution in [0.15, 0.2) is 36.4 Å². The summed E-state index contributed by atoms with van der Waals surface area (Å²) in [4.78, 5) is 28.9. The van der Waals surface area contributed by atoms with Crippen molar-refractivity contribution in [3.63, 3.8) is 0 Å². The first-order valence-corrected chi connectivity index (χ1v) is 12.0. The van der Waals surface area contributed by atoms with Crippen LogP contribution < -0.4 is 21.3 Å². The van der Waals surface area contributed by atoms with Gasteiger partial charge in [0.2, 0.25) is 5.91 Å². The number of hydrogen-bond acceptors (Lipinski definition) is 5. The fourth-order valence-electron chi connectivity index (χ4n) is 4.53. The van der Waals surface area contributed by atoms with Gasteiger partial charge in [-0.2, -0.15) is 0 Å². The molecule has 7 nitrogen and oxygen atoms in total. The van der Waals surface area contributed by atoms with Crippen molar-refractivity contribution >= 4 is 46.4 Å². The molecular formula is C24H29Cl2N5O2. The third kappa shape index (κ3) is 5.37. The monoisotopic (exact) mass is 489 g/mol. The summed E-state index contributed by atoms with van der Waals surface area (Å²) in [5.41, 5.74) is 8.54. The Hall–Kier alpha value is -2.48. The number of amides is 2. The molecular weight excluding hydrogens is 461 g/mol. The Balaban J connectivity index is 1.48. The predicted octanol–water partition coefficient (Wildman–Crippen LogP) is 3.67. The minimum Gasteiger partial charge on any atom is -0.378 e. The summed E-state index contributed by atoms with van der Waals surface area (Å²) < 4.78 is 0. The van der Waals surface area contributed by atoms with Crippen molar-refractivity contribution in [3.05, 3.63) is 57.6 Å². The van der Waals surface area contributed by atoms with E-state index in [-0.39, 0.29) is 18.0 Å². The van der Waals surface area contributed by atoms with Gasteiger partial charge in [-0.3, -0.25) is 9.59 Å². The molecule has 2 aliphatic heterocycles. The number of nitrogens with one attached hydrogen (secondary N) is 2. The summed E-state index contributed by atoms with van der Waals surface area (Å²) in [5.74, 6) is -0.301. The third-order valence-electron chi connectivity index (χ3n) is 6.38. The number of primary amides is 1. The van der Waals surface area contributed by atoms with Crippen LogP contribution >= 0.6 is 23.2 Å². The first-order valence-electron chi connectivity index (χ1n) is 11.3. The van der Waals surface area contributed by atoms with Gasteiger partial charge in [-0.25, -0.2) is 0 Å². The summed E-state index contributed by atoms with van der Waals surface area (Å²) in [7, 11) is 0. The zero-order valence-corrected chi connectivity index (χ0v) is 20.1. The Bertz CT molecular complexity index is 1030. The lowest BCUT2D eigenvalue weighted by molar-refractivity contribution is -0.133. The van der Waals surface area contributed by atoms with Crippen LogP contribution in [0.25, 0.3) is 0 Å². The van der Waals surface area contributed by atoms with Crippen molar-refractivity contribution in [1.29, 1.82) is 0 Å². The number of nitrogens with zero attached hydrogens (tertiary/aromatic N) is 2. The smallest absolute Gasteiger partial charge is 0.250 e. The van der Waals surface area contributed by atoms with Gasteiger partial charge in [0.25, 0.3) is 5.91 Å². The van der Waals surface area contributed by atoms with Gasteiger partial charge in [-0.1, -0.05) is 29.3 Å². The van der Waals surface area contributed by atoms with Gasteiger partial charge in [0.1, 0.15) is 0 Å². The molecule has 0 radical (unpaired) electrons. The minimum atomic E-state index is -0.502. The number of anilines is 2. The first-order chi connectivity index (χ1) is 15.8. The second kappa shape index (κ2) is 10.2. The summed E-state index contributed by atoms with van der Waals surface area (Å²) in [5, 5.41) is 7.79. The molecule has 2 heterocycles. The van der Waals surface area contributed by atoms with Crippen LogP contribution in [0.2, 0.25) is 10.0 Å². The van der Waals surface area contributed by atoms with Crippen LogP contribution in [-0.4, -0.2) is 55.5 Å². The Kier molecular flexibility index (Phi) is 7.32.